The van der Waals surface area contributed by atoms with Crippen LogP contribution in [0.1, 0.15) is 42.1 Å². The molecule has 5 N–H and O–H groups in total. The molecule has 0 bridgehead atoms. The van der Waals surface area contributed by atoms with E-state index in [1.54, 1.807) is 12.1 Å². The van der Waals surface area contributed by atoms with E-state index in [0.717, 1.165) is 11.3 Å². The van der Waals surface area contributed by atoms with E-state index in [-0.39, 0.29) is 5.91 Å². The van der Waals surface area contributed by atoms with Crippen LogP contribution in [0.4, 0.5) is 17.1 Å². The highest BCUT2D eigenvalue weighted by Crippen LogP contribution is 2.27. The van der Waals surface area contributed by atoms with E-state index < -0.39 is 0 Å². The number of anilines is 3. The molecule has 2 aromatic carbocycles. The first-order valence-corrected chi connectivity index (χ1v) is 9.18. The summed E-state index contributed by atoms with van der Waals surface area (Å²) in [6.45, 7) is 2.28. The molecule has 0 aromatic heterocycles. The second-order valence-corrected chi connectivity index (χ2v) is 6.58. The number of carbonyl (C=O) groups excluding carboxylic acids is 1. The summed E-state index contributed by atoms with van der Waals surface area (Å²) >= 11 is 0. The van der Waals surface area contributed by atoms with Gasteiger partial charge in [-0.1, -0.05) is 30.9 Å². The number of carbonyl (C=O) groups is 1. The fourth-order valence-electron chi connectivity index (χ4n) is 2.69. The summed E-state index contributed by atoms with van der Waals surface area (Å²) in [5.74, 6) is 6.50. The SMILES string of the molecule is CCC(=N)c1ccc(Nc2ccccc2C(=O)NCC#CC2CC2)cc1N. The molecule has 2 aromatic rings. The van der Waals surface area contributed by atoms with Crippen LogP contribution < -0.4 is 16.4 Å². The molecule has 3 rings (SSSR count). The Balaban J connectivity index is 1.72. The lowest BCUT2D eigenvalue weighted by molar-refractivity contribution is 0.0959. The molecule has 5 heteroatoms. The van der Waals surface area contributed by atoms with Crippen molar-refractivity contribution in [1.82, 2.24) is 5.32 Å². The average Bonchev–Trinajstić information content (AvgIpc) is 3.49. The van der Waals surface area contributed by atoms with Gasteiger partial charge < -0.3 is 21.8 Å². The van der Waals surface area contributed by atoms with Gasteiger partial charge in [0.2, 0.25) is 0 Å². The molecule has 0 saturated heterocycles. The molecule has 1 saturated carbocycles. The Morgan fingerprint density at radius 1 is 1.22 bits per heavy atom. The standard InChI is InChI=1S/C22H24N4O/c1-2-19(23)17-12-11-16(14-20(17)24)26-21-8-4-3-7-18(21)22(27)25-13-5-6-15-9-10-15/h3-4,7-8,11-12,14-15,23,26H,2,9-10,13,24H2,1H3,(H,25,27). The van der Waals surface area contributed by atoms with Gasteiger partial charge in [0, 0.05) is 28.6 Å². The zero-order valence-electron chi connectivity index (χ0n) is 15.4. The van der Waals surface area contributed by atoms with Gasteiger partial charge in [0.1, 0.15) is 0 Å². The molecule has 5 nitrogen and oxygen atoms in total. The van der Waals surface area contributed by atoms with Crippen molar-refractivity contribution in [2.24, 2.45) is 5.92 Å². The number of rotatable bonds is 6. The maximum Gasteiger partial charge on any atom is 0.254 e. The fourth-order valence-corrected chi connectivity index (χ4v) is 2.69. The predicted octanol–water partition coefficient (Wildman–Crippen LogP) is 3.93. The molecule has 1 aliphatic rings. The van der Waals surface area contributed by atoms with Gasteiger partial charge in [-0.2, -0.15) is 0 Å². The average molecular weight is 360 g/mol. The minimum atomic E-state index is -0.166. The third kappa shape index (κ3) is 4.89. The molecule has 0 radical (unpaired) electrons. The van der Waals surface area contributed by atoms with Crippen molar-refractivity contribution < 1.29 is 4.79 Å². The number of nitrogens with two attached hydrogens (primary N) is 1. The molecular weight excluding hydrogens is 336 g/mol. The van der Waals surface area contributed by atoms with E-state index in [9.17, 15) is 4.79 Å². The van der Waals surface area contributed by atoms with Crippen molar-refractivity contribution in [2.75, 3.05) is 17.6 Å². The highest BCUT2D eigenvalue weighted by molar-refractivity contribution is 6.03. The Hall–Kier alpha value is -3.26. The van der Waals surface area contributed by atoms with Gasteiger partial charge in [-0.3, -0.25) is 4.79 Å². The minimum absolute atomic E-state index is 0.166. The summed E-state index contributed by atoms with van der Waals surface area (Å²) in [6.07, 6.45) is 2.98. The number of nitrogens with one attached hydrogen (secondary N) is 3. The van der Waals surface area contributed by atoms with Gasteiger partial charge in [0.15, 0.2) is 0 Å². The van der Waals surface area contributed by atoms with Gasteiger partial charge in [0.05, 0.1) is 17.8 Å². The lowest BCUT2D eigenvalue weighted by Gasteiger charge is -2.13. The minimum Gasteiger partial charge on any atom is -0.398 e. The van der Waals surface area contributed by atoms with Crippen LogP contribution in [-0.4, -0.2) is 18.2 Å². The van der Waals surface area contributed by atoms with E-state index in [1.807, 2.05) is 37.3 Å². The summed E-state index contributed by atoms with van der Waals surface area (Å²) in [6, 6.07) is 12.8. The molecule has 1 amide bonds. The summed E-state index contributed by atoms with van der Waals surface area (Å²) in [7, 11) is 0. The van der Waals surface area contributed by atoms with Crippen molar-refractivity contribution in [1.29, 1.82) is 5.41 Å². The van der Waals surface area contributed by atoms with Crippen molar-refractivity contribution in [2.45, 2.75) is 26.2 Å². The van der Waals surface area contributed by atoms with Crippen LogP contribution in [0.15, 0.2) is 42.5 Å². The van der Waals surface area contributed by atoms with Crippen molar-refractivity contribution in [3.05, 3.63) is 53.6 Å². The topological polar surface area (TPSA) is 91.0 Å². The van der Waals surface area contributed by atoms with Gasteiger partial charge >= 0.3 is 0 Å². The highest BCUT2D eigenvalue weighted by atomic mass is 16.1. The van der Waals surface area contributed by atoms with Gasteiger partial charge in [-0.25, -0.2) is 0 Å². The number of hydrogen-bond donors (Lipinski definition) is 4. The number of para-hydroxylation sites is 1. The van der Waals surface area contributed by atoms with Crippen LogP contribution in [-0.2, 0) is 0 Å². The Bertz CT molecular complexity index is 919. The zero-order chi connectivity index (χ0) is 19.2. The van der Waals surface area contributed by atoms with Crippen LogP contribution in [0.3, 0.4) is 0 Å². The van der Waals surface area contributed by atoms with Crippen molar-refractivity contribution in [3.8, 4) is 11.8 Å². The third-order valence-corrected chi connectivity index (χ3v) is 4.40. The molecule has 138 valence electrons. The smallest absolute Gasteiger partial charge is 0.254 e. The maximum atomic E-state index is 12.5. The van der Waals surface area contributed by atoms with Crippen LogP contribution in [0.5, 0.6) is 0 Å². The molecule has 0 unspecified atom stereocenters. The summed E-state index contributed by atoms with van der Waals surface area (Å²) in [4.78, 5) is 12.5. The molecule has 0 atom stereocenters. The molecule has 27 heavy (non-hydrogen) atoms. The number of hydrogen-bond acceptors (Lipinski definition) is 4. The summed E-state index contributed by atoms with van der Waals surface area (Å²) in [5.41, 5.74) is 9.89. The largest absolute Gasteiger partial charge is 0.398 e. The monoisotopic (exact) mass is 360 g/mol. The normalized spacial score (nSPS) is 12.6. The molecule has 1 aliphatic carbocycles. The number of benzene rings is 2. The molecule has 1 fully saturated rings. The van der Waals surface area contributed by atoms with Crippen LogP contribution in [0, 0.1) is 23.2 Å². The predicted molar refractivity (Wildman–Crippen MR) is 111 cm³/mol. The first-order chi connectivity index (χ1) is 13.1. The van der Waals surface area contributed by atoms with Gasteiger partial charge in [0.25, 0.3) is 5.91 Å². The van der Waals surface area contributed by atoms with Crippen LogP contribution in [0.25, 0.3) is 0 Å². The molecule has 0 heterocycles. The van der Waals surface area contributed by atoms with Gasteiger partial charge in [-0.05, 0) is 49.6 Å². The highest BCUT2D eigenvalue weighted by Gasteiger charge is 2.17. The van der Waals surface area contributed by atoms with Crippen LogP contribution in [0.2, 0.25) is 0 Å². The quantitative estimate of drug-likeness (QED) is 0.357. The van der Waals surface area contributed by atoms with E-state index in [0.29, 0.717) is 41.5 Å². The Morgan fingerprint density at radius 3 is 2.70 bits per heavy atom. The van der Waals surface area contributed by atoms with E-state index >= 15 is 0 Å². The second kappa shape index (κ2) is 8.41. The van der Waals surface area contributed by atoms with Crippen LogP contribution >= 0.6 is 0 Å². The van der Waals surface area contributed by atoms with Crippen molar-refractivity contribution >= 4 is 28.7 Å². The van der Waals surface area contributed by atoms with E-state index in [4.69, 9.17) is 11.1 Å². The van der Waals surface area contributed by atoms with Gasteiger partial charge in [-0.15, -0.1) is 0 Å². The second-order valence-electron chi connectivity index (χ2n) is 6.58. The van der Waals surface area contributed by atoms with Crippen molar-refractivity contribution in [3.63, 3.8) is 0 Å². The molecular formula is C22H24N4O. The lowest BCUT2D eigenvalue weighted by Crippen LogP contribution is -2.24. The Kier molecular flexibility index (Phi) is 5.77. The zero-order valence-corrected chi connectivity index (χ0v) is 15.4. The Morgan fingerprint density at radius 2 is 2.00 bits per heavy atom. The Labute approximate surface area is 159 Å². The van der Waals surface area contributed by atoms with E-state index in [2.05, 4.69) is 22.5 Å². The summed E-state index contributed by atoms with van der Waals surface area (Å²) < 4.78 is 0. The van der Waals surface area contributed by atoms with E-state index in [1.165, 1.54) is 12.8 Å². The first-order valence-electron chi connectivity index (χ1n) is 9.18. The first kappa shape index (κ1) is 18.5. The number of amides is 1. The third-order valence-electron chi connectivity index (χ3n) is 4.40. The maximum absolute atomic E-state index is 12.5. The fraction of sp³-hybridized carbons (Fsp3) is 0.273. The molecule has 0 aliphatic heterocycles. The summed E-state index contributed by atoms with van der Waals surface area (Å²) in [5, 5.41) is 14.0. The lowest BCUT2D eigenvalue weighted by atomic mass is 10.1. The molecule has 0 spiro atoms. The number of nitrogen functional groups attached to an aromatic ring is 1.